The number of benzene rings is 1. The number of piperidine rings is 1. The van der Waals surface area contributed by atoms with Gasteiger partial charge in [0.15, 0.2) is 0 Å². The van der Waals surface area contributed by atoms with Gasteiger partial charge in [0.25, 0.3) is 0 Å². The Hall–Kier alpha value is -1.91. The van der Waals surface area contributed by atoms with E-state index in [0.29, 0.717) is 25.1 Å². The van der Waals surface area contributed by atoms with Crippen LogP contribution in [0.25, 0.3) is 0 Å². The summed E-state index contributed by atoms with van der Waals surface area (Å²) in [6.07, 6.45) is 3.40. The molecule has 1 aliphatic heterocycles. The summed E-state index contributed by atoms with van der Waals surface area (Å²) in [5, 5.41) is 2.56. The highest BCUT2D eigenvalue weighted by Gasteiger charge is 2.22. The largest absolute Gasteiger partial charge is 0.347 e. The van der Waals surface area contributed by atoms with Crippen LogP contribution in [0.1, 0.15) is 24.8 Å². The Kier molecular flexibility index (Phi) is 5.09. The number of halogens is 1. The zero-order valence-electron chi connectivity index (χ0n) is 11.4. The Labute approximate surface area is 118 Å². The van der Waals surface area contributed by atoms with Gasteiger partial charge in [-0.25, -0.2) is 4.39 Å². The van der Waals surface area contributed by atoms with Gasteiger partial charge in [0.05, 0.1) is 0 Å². The molecule has 1 aliphatic rings. The van der Waals surface area contributed by atoms with E-state index in [-0.39, 0.29) is 12.4 Å². The summed E-state index contributed by atoms with van der Waals surface area (Å²) < 4.78 is 13.4. The van der Waals surface area contributed by atoms with Crippen LogP contribution in [0, 0.1) is 5.82 Å². The Morgan fingerprint density at radius 3 is 2.55 bits per heavy atom. The molecule has 0 aromatic heterocycles. The molecule has 20 heavy (non-hydrogen) atoms. The van der Waals surface area contributed by atoms with Crippen LogP contribution in [0.2, 0.25) is 0 Å². The number of hydrogen-bond acceptors (Lipinski definition) is 2. The first-order chi connectivity index (χ1) is 9.68. The number of likely N-dealkylation sites (tertiary alicyclic amines) is 1. The van der Waals surface area contributed by atoms with E-state index in [2.05, 4.69) is 5.32 Å². The van der Waals surface area contributed by atoms with Gasteiger partial charge in [0.2, 0.25) is 0 Å². The van der Waals surface area contributed by atoms with Crippen molar-refractivity contribution in [3.05, 3.63) is 35.6 Å². The van der Waals surface area contributed by atoms with Crippen molar-refractivity contribution in [2.24, 2.45) is 0 Å². The lowest BCUT2D eigenvalue weighted by Crippen LogP contribution is -2.45. The molecular weight excluding hydrogens is 259 g/mol. The van der Waals surface area contributed by atoms with E-state index in [0.717, 1.165) is 19.3 Å². The quantitative estimate of drug-likeness (QED) is 0.852. The van der Waals surface area contributed by atoms with Crippen LogP contribution >= 0.6 is 0 Å². The molecule has 0 saturated carbocycles. The van der Waals surface area contributed by atoms with Crippen LogP contribution in [0.15, 0.2) is 24.3 Å². The highest BCUT2D eigenvalue weighted by Crippen LogP contribution is 2.09. The Balaban J connectivity index is 1.77. The molecule has 2 rings (SSSR count). The zero-order valence-corrected chi connectivity index (χ0v) is 11.4. The second kappa shape index (κ2) is 7.03. The first kappa shape index (κ1) is 14.5. The first-order valence-electron chi connectivity index (χ1n) is 6.99. The fourth-order valence-corrected chi connectivity index (χ4v) is 2.33. The zero-order chi connectivity index (χ0) is 14.4. The van der Waals surface area contributed by atoms with Gasteiger partial charge in [-0.3, -0.25) is 9.59 Å². The van der Waals surface area contributed by atoms with Gasteiger partial charge in [-0.1, -0.05) is 18.2 Å². The fourth-order valence-electron chi connectivity index (χ4n) is 2.33. The van der Waals surface area contributed by atoms with Crippen LogP contribution in [0.3, 0.4) is 0 Å². The van der Waals surface area contributed by atoms with E-state index in [4.69, 9.17) is 0 Å². The minimum Gasteiger partial charge on any atom is -0.347 e. The molecule has 4 nitrogen and oxygen atoms in total. The number of rotatable bonds is 3. The standard InChI is InChI=1S/C15H19FN2O2/c16-13-7-3-2-6-12(13)8-9-17-14(19)15(20)18-10-4-1-5-11-18/h2-3,6-7H,1,4-5,8-11H2,(H,17,19). The van der Waals surface area contributed by atoms with Crippen LogP contribution in [0.5, 0.6) is 0 Å². The number of nitrogens with one attached hydrogen (secondary N) is 1. The van der Waals surface area contributed by atoms with Crippen molar-refractivity contribution in [2.75, 3.05) is 19.6 Å². The summed E-state index contributed by atoms with van der Waals surface area (Å²) in [6, 6.07) is 6.43. The minimum atomic E-state index is -0.594. The molecule has 108 valence electrons. The summed E-state index contributed by atoms with van der Waals surface area (Å²) in [7, 11) is 0. The summed E-state index contributed by atoms with van der Waals surface area (Å²) >= 11 is 0. The van der Waals surface area contributed by atoms with Gasteiger partial charge in [0, 0.05) is 19.6 Å². The maximum Gasteiger partial charge on any atom is 0.311 e. The smallest absolute Gasteiger partial charge is 0.311 e. The molecule has 0 aliphatic carbocycles. The van der Waals surface area contributed by atoms with E-state index in [1.54, 1.807) is 23.1 Å². The van der Waals surface area contributed by atoms with Gasteiger partial charge >= 0.3 is 11.8 Å². The molecule has 5 heteroatoms. The van der Waals surface area contributed by atoms with Crippen molar-refractivity contribution < 1.29 is 14.0 Å². The lowest BCUT2D eigenvalue weighted by molar-refractivity contribution is -0.146. The lowest BCUT2D eigenvalue weighted by Gasteiger charge is -2.25. The third-order valence-electron chi connectivity index (χ3n) is 3.48. The molecule has 1 fully saturated rings. The summed E-state index contributed by atoms with van der Waals surface area (Å²) in [5.41, 5.74) is 0.540. The van der Waals surface area contributed by atoms with E-state index in [9.17, 15) is 14.0 Å². The SMILES string of the molecule is O=C(NCCc1ccccc1F)C(=O)N1CCCCC1. The first-order valence-corrected chi connectivity index (χ1v) is 6.99. The minimum absolute atomic E-state index is 0.263. The summed E-state index contributed by atoms with van der Waals surface area (Å²) in [4.78, 5) is 25.2. The van der Waals surface area contributed by atoms with E-state index < -0.39 is 11.8 Å². The number of amides is 2. The average molecular weight is 278 g/mol. The highest BCUT2D eigenvalue weighted by molar-refractivity contribution is 6.35. The molecule has 0 radical (unpaired) electrons. The molecule has 0 spiro atoms. The third-order valence-corrected chi connectivity index (χ3v) is 3.48. The van der Waals surface area contributed by atoms with Crippen molar-refractivity contribution in [3.8, 4) is 0 Å². The molecule has 1 aromatic rings. The van der Waals surface area contributed by atoms with Gasteiger partial charge in [-0.05, 0) is 37.3 Å². The van der Waals surface area contributed by atoms with Crippen molar-refractivity contribution in [1.82, 2.24) is 10.2 Å². The predicted molar refractivity (Wildman–Crippen MR) is 73.5 cm³/mol. The van der Waals surface area contributed by atoms with Gasteiger partial charge in [-0.15, -0.1) is 0 Å². The van der Waals surface area contributed by atoms with Crippen LogP contribution in [0.4, 0.5) is 4.39 Å². The van der Waals surface area contributed by atoms with Gasteiger partial charge in [0.1, 0.15) is 5.82 Å². The molecule has 1 saturated heterocycles. The molecule has 0 atom stereocenters. The van der Waals surface area contributed by atoms with Crippen molar-refractivity contribution in [2.45, 2.75) is 25.7 Å². The Bertz CT molecular complexity index is 485. The molecular formula is C15H19FN2O2. The van der Waals surface area contributed by atoms with Gasteiger partial charge < -0.3 is 10.2 Å². The number of carbonyl (C=O) groups excluding carboxylic acids is 2. The van der Waals surface area contributed by atoms with Crippen molar-refractivity contribution in [1.29, 1.82) is 0 Å². The molecule has 2 amide bonds. The summed E-state index contributed by atoms with van der Waals surface area (Å²) in [5.74, 6) is -1.36. The van der Waals surface area contributed by atoms with E-state index in [1.165, 1.54) is 6.07 Å². The Morgan fingerprint density at radius 1 is 1.15 bits per heavy atom. The summed E-state index contributed by atoms with van der Waals surface area (Å²) in [6.45, 7) is 1.57. The Morgan fingerprint density at radius 2 is 1.85 bits per heavy atom. The average Bonchev–Trinajstić information content (AvgIpc) is 2.49. The highest BCUT2D eigenvalue weighted by atomic mass is 19.1. The fraction of sp³-hybridized carbons (Fsp3) is 0.467. The van der Waals surface area contributed by atoms with Crippen LogP contribution < -0.4 is 5.32 Å². The number of hydrogen-bond donors (Lipinski definition) is 1. The van der Waals surface area contributed by atoms with Crippen molar-refractivity contribution >= 4 is 11.8 Å². The van der Waals surface area contributed by atoms with Crippen LogP contribution in [-0.2, 0) is 16.0 Å². The molecule has 1 aromatic carbocycles. The maximum atomic E-state index is 13.4. The predicted octanol–water partition coefficient (Wildman–Crippen LogP) is 1.50. The molecule has 0 unspecified atom stereocenters. The number of carbonyl (C=O) groups is 2. The normalized spacial score (nSPS) is 14.9. The second-order valence-corrected chi connectivity index (χ2v) is 4.95. The lowest BCUT2D eigenvalue weighted by atomic mass is 10.1. The van der Waals surface area contributed by atoms with Crippen molar-refractivity contribution in [3.63, 3.8) is 0 Å². The molecule has 1 heterocycles. The topological polar surface area (TPSA) is 49.4 Å². The van der Waals surface area contributed by atoms with E-state index >= 15 is 0 Å². The third kappa shape index (κ3) is 3.79. The monoisotopic (exact) mass is 278 g/mol. The maximum absolute atomic E-state index is 13.4. The van der Waals surface area contributed by atoms with E-state index in [1.807, 2.05) is 0 Å². The number of nitrogens with zero attached hydrogens (tertiary/aromatic N) is 1. The molecule has 0 bridgehead atoms. The van der Waals surface area contributed by atoms with Crippen LogP contribution in [-0.4, -0.2) is 36.3 Å². The molecule has 1 N–H and O–H groups in total. The van der Waals surface area contributed by atoms with Gasteiger partial charge in [-0.2, -0.15) is 0 Å². The second-order valence-electron chi connectivity index (χ2n) is 4.95.